The van der Waals surface area contributed by atoms with Gasteiger partial charge in [-0.1, -0.05) is 68.4 Å². The van der Waals surface area contributed by atoms with E-state index in [9.17, 15) is 10.5 Å². The Morgan fingerprint density at radius 1 is 0.625 bits per heavy atom. The van der Waals surface area contributed by atoms with Crippen molar-refractivity contribution in [2.24, 2.45) is 0 Å². The molecule has 0 radical (unpaired) electrons. The topological polar surface area (TPSA) is 50.8 Å². The van der Waals surface area contributed by atoms with Crippen molar-refractivity contribution in [3.05, 3.63) is 113 Å². The molecule has 0 aliphatic carbocycles. The molecule has 0 fully saturated rings. The lowest BCUT2D eigenvalue weighted by atomic mass is 9.73. The van der Waals surface area contributed by atoms with Crippen LogP contribution in [-0.2, 0) is 5.41 Å². The molecule has 0 spiro atoms. The minimum Gasteiger partial charge on any atom is -0.310 e. The number of benzene rings is 4. The second-order valence-electron chi connectivity index (χ2n) is 8.49. The molecule has 0 saturated carbocycles. The quantitative estimate of drug-likeness (QED) is 0.350. The molecule has 4 aromatic carbocycles. The standard InChI is InChI=1S/C29H21N3/c1-29(2)24-10-3-5-12-26(24)32(27-13-6-4-11-25(27)29)23-16-14-20(15-17-23)28-21(18-30)8-7-9-22(28)19-31/h3-17H,1-2H3. The van der Waals surface area contributed by atoms with Crippen molar-refractivity contribution in [2.45, 2.75) is 19.3 Å². The third kappa shape index (κ3) is 2.88. The molecule has 0 atom stereocenters. The van der Waals surface area contributed by atoms with Gasteiger partial charge in [-0.05, 0) is 53.1 Å². The summed E-state index contributed by atoms with van der Waals surface area (Å²) in [4.78, 5) is 2.29. The fourth-order valence-corrected chi connectivity index (χ4v) is 4.77. The second-order valence-corrected chi connectivity index (χ2v) is 8.49. The van der Waals surface area contributed by atoms with Crippen LogP contribution in [-0.4, -0.2) is 0 Å². The molecule has 4 aromatic rings. The molecular formula is C29H21N3. The summed E-state index contributed by atoms with van der Waals surface area (Å²) in [6.45, 7) is 4.54. The minimum absolute atomic E-state index is 0.100. The van der Waals surface area contributed by atoms with Gasteiger partial charge in [0.05, 0.1) is 34.6 Å². The monoisotopic (exact) mass is 411 g/mol. The van der Waals surface area contributed by atoms with E-state index >= 15 is 0 Å². The normalized spacial score (nSPS) is 13.4. The fourth-order valence-electron chi connectivity index (χ4n) is 4.77. The Morgan fingerprint density at radius 3 is 1.62 bits per heavy atom. The first kappa shape index (κ1) is 19.6. The number of nitrogens with zero attached hydrogens (tertiary/aromatic N) is 3. The summed E-state index contributed by atoms with van der Waals surface area (Å²) in [7, 11) is 0. The van der Waals surface area contributed by atoms with Crippen LogP contribution in [0.1, 0.15) is 36.1 Å². The number of nitriles is 2. The lowest BCUT2D eigenvalue weighted by molar-refractivity contribution is 0.632. The SMILES string of the molecule is CC1(C)c2ccccc2N(c2ccc(-c3c(C#N)cccc3C#N)cc2)c2ccccc21. The maximum Gasteiger partial charge on any atom is 0.0998 e. The van der Waals surface area contributed by atoms with Crippen LogP contribution in [0.5, 0.6) is 0 Å². The van der Waals surface area contributed by atoms with E-state index in [4.69, 9.17) is 0 Å². The van der Waals surface area contributed by atoms with Crippen molar-refractivity contribution in [1.29, 1.82) is 10.5 Å². The molecule has 5 rings (SSSR count). The zero-order valence-corrected chi connectivity index (χ0v) is 18.0. The number of fused-ring (bicyclic) bond motifs is 2. The van der Waals surface area contributed by atoms with Gasteiger partial charge >= 0.3 is 0 Å². The van der Waals surface area contributed by atoms with Crippen LogP contribution in [0.2, 0.25) is 0 Å². The van der Waals surface area contributed by atoms with E-state index in [0.29, 0.717) is 16.7 Å². The number of hydrogen-bond donors (Lipinski definition) is 0. The summed E-state index contributed by atoms with van der Waals surface area (Å²) >= 11 is 0. The van der Waals surface area contributed by atoms with Gasteiger partial charge in [0.25, 0.3) is 0 Å². The van der Waals surface area contributed by atoms with Crippen LogP contribution in [0.3, 0.4) is 0 Å². The van der Waals surface area contributed by atoms with Gasteiger partial charge in [-0.3, -0.25) is 0 Å². The van der Waals surface area contributed by atoms with Crippen LogP contribution < -0.4 is 4.90 Å². The van der Waals surface area contributed by atoms with E-state index < -0.39 is 0 Å². The van der Waals surface area contributed by atoms with Gasteiger partial charge in [-0.15, -0.1) is 0 Å². The van der Waals surface area contributed by atoms with Crippen LogP contribution in [0, 0.1) is 22.7 Å². The van der Waals surface area contributed by atoms with E-state index in [-0.39, 0.29) is 5.41 Å². The van der Waals surface area contributed by atoms with Crippen molar-refractivity contribution >= 4 is 17.1 Å². The van der Waals surface area contributed by atoms with Gasteiger partial charge in [0.2, 0.25) is 0 Å². The van der Waals surface area contributed by atoms with Crippen LogP contribution in [0.4, 0.5) is 17.1 Å². The van der Waals surface area contributed by atoms with Gasteiger partial charge in [-0.2, -0.15) is 10.5 Å². The van der Waals surface area contributed by atoms with Gasteiger partial charge in [0.15, 0.2) is 0 Å². The summed E-state index contributed by atoms with van der Waals surface area (Å²) < 4.78 is 0. The maximum atomic E-state index is 9.56. The number of para-hydroxylation sites is 2. The van der Waals surface area contributed by atoms with E-state index in [0.717, 1.165) is 11.3 Å². The van der Waals surface area contributed by atoms with Crippen molar-refractivity contribution in [1.82, 2.24) is 0 Å². The molecule has 0 unspecified atom stereocenters. The zero-order chi connectivity index (χ0) is 22.3. The Morgan fingerprint density at radius 2 is 1.12 bits per heavy atom. The number of anilines is 3. The molecule has 3 nitrogen and oxygen atoms in total. The molecule has 3 heteroatoms. The fraction of sp³-hybridized carbons (Fsp3) is 0.103. The van der Waals surface area contributed by atoms with E-state index in [1.54, 1.807) is 18.2 Å². The molecule has 1 aliphatic heterocycles. The highest BCUT2D eigenvalue weighted by Gasteiger charge is 2.36. The lowest BCUT2D eigenvalue weighted by Gasteiger charge is -2.42. The summed E-state index contributed by atoms with van der Waals surface area (Å²) in [6.07, 6.45) is 0. The van der Waals surface area contributed by atoms with Crippen molar-refractivity contribution in [3.63, 3.8) is 0 Å². The van der Waals surface area contributed by atoms with Gasteiger partial charge in [0.1, 0.15) is 0 Å². The second kappa shape index (κ2) is 7.41. The summed E-state index contributed by atoms with van der Waals surface area (Å²) in [5.41, 5.74) is 8.39. The molecule has 0 amide bonds. The smallest absolute Gasteiger partial charge is 0.0998 e. The molecule has 152 valence electrons. The molecule has 0 N–H and O–H groups in total. The van der Waals surface area contributed by atoms with E-state index in [2.05, 4.69) is 91.5 Å². The third-order valence-electron chi connectivity index (χ3n) is 6.36. The Balaban J connectivity index is 1.67. The molecule has 0 aromatic heterocycles. The Kier molecular flexibility index (Phi) is 4.54. The van der Waals surface area contributed by atoms with Crippen LogP contribution >= 0.6 is 0 Å². The highest BCUT2D eigenvalue weighted by atomic mass is 15.2. The summed E-state index contributed by atoms with van der Waals surface area (Å²) in [6, 6.07) is 34.9. The van der Waals surface area contributed by atoms with Crippen LogP contribution in [0.15, 0.2) is 91.0 Å². The zero-order valence-electron chi connectivity index (χ0n) is 18.0. The summed E-state index contributed by atoms with van der Waals surface area (Å²) in [5, 5.41) is 19.1. The first-order valence-electron chi connectivity index (χ1n) is 10.6. The number of rotatable bonds is 2. The maximum absolute atomic E-state index is 9.56. The largest absolute Gasteiger partial charge is 0.310 e. The molecule has 1 aliphatic rings. The average molecular weight is 412 g/mol. The van der Waals surface area contributed by atoms with Crippen molar-refractivity contribution in [2.75, 3.05) is 4.90 Å². The first-order valence-corrected chi connectivity index (χ1v) is 10.6. The van der Waals surface area contributed by atoms with Crippen molar-refractivity contribution in [3.8, 4) is 23.3 Å². The molecule has 32 heavy (non-hydrogen) atoms. The lowest BCUT2D eigenvalue weighted by Crippen LogP contribution is -2.30. The third-order valence-corrected chi connectivity index (χ3v) is 6.36. The van der Waals surface area contributed by atoms with E-state index in [1.807, 2.05) is 12.1 Å². The van der Waals surface area contributed by atoms with Gasteiger partial charge in [0, 0.05) is 16.7 Å². The Labute approximate surface area is 188 Å². The predicted octanol–water partition coefficient (Wildman–Crippen LogP) is 7.21. The number of hydrogen-bond acceptors (Lipinski definition) is 3. The molecular weight excluding hydrogens is 390 g/mol. The Hall–Kier alpha value is -4.34. The summed E-state index contributed by atoms with van der Waals surface area (Å²) in [5.74, 6) is 0. The molecule has 0 saturated heterocycles. The van der Waals surface area contributed by atoms with Gasteiger partial charge in [-0.25, -0.2) is 0 Å². The predicted molar refractivity (Wildman–Crippen MR) is 128 cm³/mol. The highest BCUT2D eigenvalue weighted by Crippen LogP contribution is 2.51. The molecule has 1 heterocycles. The Bertz CT molecular complexity index is 1330. The van der Waals surface area contributed by atoms with Crippen molar-refractivity contribution < 1.29 is 0 Å². The van der Waals surface area contributed by atoms with Crippen LogP contribution in [0.25, 0.3) is 11.1 Å². The van der Waals surface area contributed by atoms with Gasteiger partial charge < -0.3 is 4.90 Å². The first-order chi connectivity index (χ1) is 15.6. The minimum atomic E-state index is -0.100. The molecule has 0 bridgehead atoms. The van der Waals surface area contributed by atoms with E-state index in [1.165, 1.54) is 22.5 Å². The average Bonchev–Trinajstić information content (AvgIpc) is 2.84. The highest BCUT2D eigenvalue weighted by molar-refractivity contribution is 5.87.